The number of nitrogens with zero attached hydrogens (tertiary/aromatic N) is 1. The Labute approximate surface area is 169 Å². The first-order valence-electron chi connectivity index (χ1n) is 8.85. The Morgan fingerprint density at radius 3 is 2.52 bits per heavy atom. The van der Waals surface area contributed by atoms with E-state index in [4.69, 9.17) is 4.42 Å². The highest BCUT2D eigenvalue weighted by Crippen LogP contribution is 2.20. The average Bonchev–Trinajstić information content (AvgIpc) is 3.07. The van der Waals surface area contributed by atoms with Crippen LogP contribution in [0.15, 0.2) is 63.9 Å². The van der Waals surface area contributed by atoms with Crippen LogP contribution >= 0.6 is 0 Å². The van der Waals surface area contributed by atoms with E-state index in [1.165, 1.54) is 29.2 Å². The number of carbonyl (C=O) groups excluding carboxylic acids is 1. The summed E-state index contributed by atoms with van der Waals surface area (Å²) in [7, 11) is -2.36. The van der Waals surface area contributed by atoms with Gasteiger partial charge in [0.1, 0.15) is 17.3 Å². The van der Waals surface area contributed by atoms with Gasteiger partial charge in [0.2, 0.25) is 0 Å². The lowest BCUT2D eigenvalue weighted by atomic mass is 10.2. The fourth-order valence-corrected chi connectivity index (χ4v) is 3.83. The van der Waals surface area contributed by atoms with Gasteiger partial charge >= 0.3 is 0 Å². The largest absolute Gasteiger partial charge is 0.464 e. The summed E-state index contributed by atoms with van der Waals surface area (Å²) in [4.78, 5) is 14.0. The van der Waals surface area contributed by atoms with Crippen molar-refractivity contribution in [3.63, 3.8) is 0 Å². The van der Waals surface area contributed by atoms with Crippen LogP contribution in [0.5, 0.6) is 0 Å². The lowest BCUT2D eigenvalue weighted by molar-refractivity contribution is 0.0775. The number of furan rings is 1. The van der Waals surface area contributed by atoms with Crippen molar-refractivity contribution in [1.82, 2.24) is 4.90 Å². The van der Waals surface area contributed by atoms with E-state index in [0.717, 1.165) is 11.8 Å². The van der Waals surface area contributed by atoms with Gasteiger partial charge in [0.05, 0.1) is 11.4 Å². The number of nitrogens with one attached hydrogen (secondary N) is 1. The van der Waals surface area contributed by atoms with E-state index < -0.39 is 15.8 Å². The number of hydrogen-bond acceptors (Lipinski definition) is 4. The summed E-state index contributed by atoms with van der Waals surface area (Å²) in [5.41, 5.74) is 0.872. The fourth-order valence-electron chi connectivity index (χ4n) is 2.77. The first-order valence-corrected chi connectivity index (χ1v) is 10.3. The maximum Gasteiger partial charge on any atom is 0.261 e. The van der Waals surface area contributed by atoms with Crippen LogP contribution in [-0.2, 0) is 16.6 Å². The van der Waals surface area contributed by atoms with Gasteiger partial charge in [-0.1, -0.05) is 12.1 Å². The molecule has 0 radical (unpaired) electrons. The summed E-state index contributed by atoms with van der Waals surface area (Å²) in [6.07, 6.45) is 0. The number of carbonyl (C=O) groups is 1. The highest BCUT2D eigenvalue weighted by molar-refractivity contribution is 7.92. The minimum Gasteiger partial charge on any atom is -0.464 e. The molecule has 1 amide bonds. The van der Waals surface area contributed by atoms with Crippen molar-refractivity contribution < 1.29 is 22.0 Å². The van der Waals surface area contributed by atoms with Gasteiger partial charge in [0.15, 0.2) is 0 Å². The fraction of sp³-hybridized carbons (Fsp3) is 0.190. The summed E-state index contributed by atoms with van der Waals surface area (Å²) in [6.45, 7) is 3.65. The predicted molar refractivity (Wildman–Crippen MR) is 108 cm³/mol. The zero-order chi connectivity index (χ0) is 21.2. The minimum absolute atomic E-state index is 0.192. The van der Waals surface area contributed by atoms with Crippen molar-refractivity contribution in [1.29, 1.82) is 0 Å². The molecule has 29 heavy (non-hydrogen) atoms. The van der Waals surface area contributed by atoms with Crippen molar-refractivity contribution >= 4 is 21.6 Å². The van der Waals surface area contributed by atoms with Gasteiger partial charge < -0.3 is 9.32 Å². The van der Waals surface area contributed by atoms with E-state index in [1.807, 2.05) is 13.0 Å². The number of sulfonamides is 1. The second-order valence-corrected chi connectivity index (χ2v) is 8.45. The summed E-state index contributed by atoms with van der Waals surface area (Å²) in [5, 5.41) is 0. The Bertz CT molecular complexity index is 1150. The number of benzene rings is 2. The summed E-state index contributed by atoms with van der Waals surface area (Å²) in [5.74, 6) is 0.509. The van der Waals surface area contributed by atoms with E-state index >= 15 is 0 Å². The van der Waals surface area contributed by atoms with Crippen LogP contribution < -0.4 is 4.72 Å². The molecule has 1 aromatic heterocycles. The molecular formula is C21H21FN2O4S. The maximum absolute atomic E-state index is 13.7. The molecule has 8 heteroatoms. The molecule has 3 aromatic rings. The Hall–Kier alpha value is -3.13. The standard InChI is InChI=1S/C21H21FN2O4S/c1-14-7-10-19(12-20(14)22)29(26,27)23-17-6-4-5-16(11-17)21(25)24(3)13-18-9-8-15(2)28-18/h4-12,23H,13H2,1-3H3. The Morgan fingerprint density at radius 2 is 1.86 bits per heavy atom. The quantitative estimate of drug-likeness (QED) is 0.656. The predicted octanol–water partition coefficient (Wildman–Crippen LogP) is 4.11. The van der Waals surface area contributed by atoms with E-state index in [-0.39, 0.29) is 23.0 Å². The molecule has 0 unspecified atom stereocenters. The molecule has 0 saturated heterocycles. The van der Waals surface area contributed by atoms with Gasteiger partial charge in [-0.05, 0) is 61.9 Å². The molecule has 0 saturated carbocycles. The number of aryl methyl sites for hydroxylation is 2. The topological polar surface area (TPSA) is 79.6 Å². The van der Waals surface area contributed by atoms with Gasteiger partial charge in [0, 0.05) is 18.3 Å². The van der Waals surface area contributed by atoms with Gasteiger partial charge in [0.25, 0.3) is 15.9 Å². The van der Waals surface area contributed by atoms with Crippen LogP contribution in [0.2, 0.25) is 0 Å². The van der Waals surface area contributed by atoms with Gasteiger partial charge in [-0.25, -0.2) is 12.8 Å². The molecule has 3 rings (SSSR count). The van der Waals surface area contributed by atoms with Gasteiger partial charge in [-0.2, -0.15) is 0 Å². The third-order valence-corrected chi connectivity index (χ3v) is 5.73. The van der Waals surface area contributed by atoms with E-state index in [9.17, 15) is 17.6 Å². The Morgan fingerprint density at radius 1 is 1.10 bits per heavy atom. The maximum atomic E-state index is 13.7. The second kappa shape index (κ2) is 8.08. The van der Waals surface area contributed by atoms with Crippen molar-refractivity contribution in [2.24, 2.45) is 0 Å². The van der Waals surface area contributed by atoms with E-state index in [1.54, 1.807) is 32.2 Å². The molecule has 0 fully saturated rings. The number of amides is 1. The Kier molecular flexibility index (Phi) is 5.74. The summed E-state index contributed by atoms with van der Waals surface area (Å²) in [6, 6.07) is 13.4. The first-order chi connectivity index (χ1) is 13.7. The Balaban J connectivity index is 1.77. The van der Waals surface area contributed by atoms with Crippen molar-refractivity contribution in [3.05, 3.63) is 83.1 Å². The van der Waals surface area contributed by atoms with Gasteiger partial charge in [-0.3, -0.25) is 9.52 Å². The van der Waals surface area contributed by atoms with E-state index in [0.29, 0.717) is 16.9 Å². The first kappa shape index (κ1) is 20.6. The zero-order valence-corrected chi connectivity index (χ0v) is 17.1. The average molecular weight is 416 g/mol. The molecule has 0 atom stereocenters. The molecule has 152 valence electrons. The second-order valence-electron chi connectivity index (χ2n) is 6.77. The number of rotatable bonds is 6. The third kappa shape index (κ3) is 4.83. The van der Waals surface area contributed by atoms with Crippen molar-refractivity contribution in [2.75, 3.05) is 11.8 Å². The highest BCUT2D eigenvalue weighted by Gasteiger charge is 2.18. The molecule has 1 N–H and O–H groups in total. The molecule has 0 aliphatic rings. The third-order valence-electron chi connectivity index (χ3n) is 4.35. The lowest BCUT2D eigenvalue weighted by Crippen LogP contribution is -2.26. The van der Waals surface area contributed by atoms with Crippen LogP contribution in [0.4, 0.5) is 10.1 Å². The number of anilines is 1. The van der Waals surface area contributed by atoms with Crippen molar-refractivity contribution in [3.8, 4) is 0 Å². The monoisotopic (exact) mass is 416 g/mol. The van der Waals surface area contributed by atoms with Crippen LogP contribution in [0.25, 0.3) is 0 Å². The molecule has 0 spiro atoms. The summed E-state index contributed by atoms with van der Waals surface area (Å²) < 4.78 is 46.7. The van der Waals surface area contributed by atoms with Crippen molar-refractivity contribution in [2.45, 2.75) is 25.3 Å². The minimum atomic E-state index is -3.99. The lowest BCUT2D eigenvalue weighted by Gasteiger charge is -2.16. The molecule has 2 aromatic carbocycles. The van der Waals surface area contributed by atoms with Crippen LogP contribution in [0, 0.1) is 19.7 Å². The molecule has 0 bridgehead atoms. The molecule has 1 heterocycles. The number of hydrogen-bond donors (Lipinski definition) is 1. The SMILES string of the molecule is Cc1ccc(CN(C)C(=O)c2cccc(NS(=O)(=O)c3ccc(C)c(F)c3)c2)o1. The van der Waals surface area contributed by atoms with E-state index in [2.05, 4.69) is 4.72 Å². The van der Waals surface area contributed by atoms with Crippen LogP contribution in [0.1, 0.15) is 27.4 Å². The molecule has 6 nitrogen and oxygen atoms in total. The highest BCUT2D eigenvalue weighted by atomic mass is 32.2. The van der Waals surface area contributed by atoms with Crippen LogP contribution in [-0.4, -0.2) is 26.3 Å². The molecule has 0 aliphatic heterocycles. The summed E-state index contributed by atoms with van der Waals surface area (Å²) >= 11 is 0. The molecule has 0 aliphatic carbocycles. The number of halogens is 1. The zero-order valence-electron chi connectivity index (χ0n) is 16.3. The smallest absolute Gasteiger partial charge is 0.261 e. The molecular weight excluding hydrogens is 395 g/mol. The van der Waals surface area contributed by atoms with Crippen LogP contribution in [0.3, 0.4) is 0 Å². The normalized spacial score (nSPS) is 11.3. The van der Waals surface area contributed by atoms with Gasteiger partial charge in [-0.15, -0.1) is 0 Å².